The molecule has 1 saturated heterocycles. The first-order valence-corrected chi connectivity index (χ1v) is 11.8. The zero-order valence-corrected chi connectivity index (χ0v) is 18.9. The van der Waals surface area contributed by atoms with Crippen LogP contribution >= 0.6 is 23.1 Å². The molecule has 0 aliphatic carbocycles. The van der Waals surface area contributed by atoms with Crippen molar-refractivity contribution in [3.05, 3.63) is 63.5 Å². The summed E-state index contributed by atoms with van der Waals surface area (Å²) in [4.78, 5) is 40.2. The Morgan fingerprint density at radius 2 is 2.03 bits per heavy atom. The van der Waals surface area contributed by atoms with Gasteiger partial charge in [-0.1, -0.05) is 18.2 Å². The first kappa shape index (κ1) is 22.4. The van der Waals surface area contributed by atoms with Crippen molar-refractivity contribution < 1.29 is 29.0 Å². The van der Waals surface area contributed by atoms with E-state index in [0.29, 0.717) is 17.1 Å². The monoisotopic (exact) mass is 474 g/mol. The number of hydrogen-bond acceptors (Lipinski definition) is 8. The summed E-state index contributed by atoms with van der Waals surface area (Å²) in [5, 5.41) is 14.0. The summed E-state index contributed by atoms with van der Waals surface area (Å²) < 4.78 is 10.5. The number of carbonyl (C=O) groups excluding carboxylic acids is 3. The lowest BCUT2D eigenvalue weighted by Gasteiger charge is -2.49. The van der Waals surface area contributed by atoms with Gasteiger partial charge in [-0.2, -0.15) is 0 Å². The van der Waals surface area contributed by atoms with Gasteiger partial charge in [-0.25, -0.2) is 4.79 Å². The molecular weight excluding hydrogens is 452 g/mol. The SMILES string of the molecule is COc1ccc(COC(=O)C2=C(CO)CS[C@H]3[C@@H](NC(=O)Cc4cccs4)C(=O)N23)cc1. The fourth-order valence-electron chi connectivity index (χ4n) is 3.53. The number of amides is 2. The van der Waals surface area contributed by atoms with Crippen molar-refractivity contribution in [1.82, 2.24) is 10.2 Å². The third-order valence-electron chi connectivity index (χ3n) is 5.19. The van der Waals surface area contributed by atoms with Gasteiger partial charge in [0.25, 0.3) is 5.91 Å². The van der Waals surface area contributed by atoms with E-state index in [1.807, 2.05) is 17.5 Å². The number of nitrogens with zero attached hydrogens (tertiary/aromatic N) is 1. The number of aliphatic hydroxyl groups excluding tert-OH is 1. The van der Waals surface area contributed by atoms with E-state index in [4.69, 9.17) is 9.47 Å². The molecular formula is C22H22N2O6S2. The summed E-state index contributed by atoms with van der Waals surface area (Å²) in [6, 6.07) is 10.1. The van der Waals surface area contributed by atoms with Gasteiger partial charge in [-0.15, -0.1) is 23.1 Å². The van der Waals surface area contributed by atoms with E-state index in [-0.39, 0.29) is 37.1 Å². The number of thiophene rings is 1. The molecule has 1 aromatic carbocycles. The first-order valence-electron chi connectivity index (χ1n) is 9.91. The summed E-state index contributed by atoms with van der Waals surface area (Å²) in [5.74, 6) is -0.242. The number of rotatable bonds is 8. The van der Waals surface area contributed by atoms with Crippen molar-refractivity contribution in [2.24, 2.45) is 0 Å². The lowest BCUT2D eigenvalue weighted by atomic mass is 10.0. The maximum Gasteiger partial charge on any atom is 0.355 e. The number of methoxy groups -OCH3 is 1. The van der Waals surface area contributed by atoms with Gasteiger partial charge in [0.05, 0.1) is 20.1 Å². The molecule has 1 aromatic heterocycles. The lowest BCUT2D eigenvalue weighted by Crippen LogP contribution is -2.70. The topological polar surface area (TPSA) is 105 Å². The van der Waals surface area contributed by atoms with Gasteiger partial charge in [0, 0.05) is 10.6 Å². The van der Waals surface area contributed by atoms with Crippen molar-refractivity contribution in [3.8, 4) is 5.75 Å². The van der Waals surface area contributed by atoms with Gasteiger partial charge in [0.2, 0.25) is 5.91 Å². The molecule has 32 heavy (non-hydrogen) atoms. The molecule has 0 radical (unpaired) electrons. The van der Waals surface area contributed by atoms with Crippen LogP contribution in [0, 0.1) is 0 Å². The Balaban J connectivity index is 1.41. The predicted molar refractivity (Wildman–Crippen MR) is 120 cm³/mol. The highest BCUT2D eigenvalue weighted by molar-refractivity contribution is 8.00. The second-order valence-electron chi connectivity index (χ2n) is 7.25. The van der Waals surface area contributed by atoms with E-state index in [0.717, 1.165) is 10.4 Å². The Labute approximate surface area is 193 Å². The summed E-state index contributed by atoms with van der Waals surface area (Å²) in [5.41, 5.74) is 1.27. The standard InChI is InChI=1S/C22H22N2O6S2/c1-29-15-6-4-13(5-7-15)11-30-22(28)19-14(10-25)12-32-21-18(20(27)24(19)21)23-17(26)9-16-3-2-8-31-16/h2-8,18,21,25H,9-12H2,1H3,(H,23,26)/t18-,21-/m0/s1. The average molecular weight is 475 g/mol. The van der Waals surface area contributed by atoms with Gasteiger partial charge in [0.1, 0.15) is 29.5 Å². The molecule has 2 N–H and O–H groups in total. The van der Waals surface area contributed by atoms with Crippen LogP contribution in [0.4, 0.5) is 0 Å². The van der Waals surface area contributed by atoms with E-state index in [1.165, 1.54) is 28.0 Å². The molecule has 2 amide bonds. The van der Waals surface area contributed by atoms with Crippen LogP contribution in [-0.2, 0) is 32.1 Å². The number of benzene rings is 1. The number of aliphatic hydroxyl groups is 1. The quantitative estimate of drug-likeness (QED) is 0.443. The third kappa shape index (κ3) is 4.52. The van der Waals surface area contributed by atoms with E-state index in [1.54, 1.807) is 31.4 Å². The maximum atomic E-state index is 12.8. The van der Waals surface area contributed by atoms with E-state index in [2.05, 4.69) is 5.32 Å². The Morgan fingerprint density at radius 1 is 1.25 bits per heavy atom. The van der Waals surface area contributed by atoms with E-state index >= 15 is 0 Å². The lowest BCUT2D eigenvalue weighted by molar-refractivity contribution is -0.153. The molecule has 0 bridgehead atoms. The van der Waals surface area contributed by atoms with Gasteiger partial charge in [0.15, 0.2) is 0 Å². The first-order chi connectivity index (χ1) is 15.5. The third-order valence-corrected chi connectivity index (χ3v) is 7.41. The second kappa shape index (κ2) is 9.76. The number of fused-ring (bicyclic) bond motifs is 1. The molecule has 0 saturated carbocycles. The molecule has 168 valence electrons. The molecule has 2 aliphatic rings. The molecule has 2 aromatic rings. The minimum Gasteiger partial charge on any atom is -0.497 e. The van der Waals surface area contributed by atoms with Crippen molar-refractivity contribution >= 4 is 40.9 Å². The van der Waals surface area contributed by atoms with Gasteiger partial charge in [-0.05, 0) is 34.7 Å². The van der Waals surface area contributed by atoms with Gasteiger partial charge in [-0.3, -0.25) is 14.5 Å². The summed E-state index contributed by atoms with van der Waals surface area (Å²) >= 11 is 2.88. The van der Waals surface area contributed by atoms with E-state index in [9.17, 15) is 19.5 Å². The Kier molecular flexibility index (Phi) is 6.83. The molecule has 0 unspecified atom stereocenters. The fraction of sp³-hybridized carbons (Fsp3) is 0.318. The number of nitrogens with one attached hydrogen (secondary N) is 1. The zero-order chi connectivity index (χ0) is 22.7. The molecule has 8 nitrogen and oxygen atoms in total. The minimum absolute atomic E-state index is 0.0197. The van der Waals surface area contributed by atoms with Crippen LogP contribution < -0.4 is 10.1 Å². The summed E-state index contributed by atoms with van der Waals surface area (Å²) in [7, 11) is 1.57. The number of ether oxygens (including phenoxy) is 2. The van der Waals surface area contributed by atoms with Gasteiger partial charge >= 0.3 is 5.97 Å². The molecule has 1 fully saturated rings. The number of hydrogen-bond donors (Lipinski definition) is 2. The molecule has 2 atom stereocenters. The Morgan fingerprint density at radius 3 is 2.69 bits per heavy atom. The van der Waals surface area contributed by atoms with Crippen LogP contribution in [0.25, 0.3) is 0 Å². The second-order valence-corrected chi connectivity index (χ2v) is 9.38. The molecule has 0 spiro atoms. The van der Waals surface area contributed by atoms with Crippen LogP contribution in [0.5, 0.6) is 5.75 Å². The van der Waals surface area contributed by atoms with Crippen LogP contribution in [0.15, 0.2) is 53.0 Å². The average Bonchev–Trinajstić information content (AvgIpc) is 3.33. The minimum atomic E-state index is -0.711. The molecule has 3 heterocycles. The Hall–Kier alpha value is -2.82. The summed E-state index contributed by atoms with van der Waals surface area (Å²) in [6.45, 7) is -0.336. The van der Waals surface area contributed by atoms with E-state index < -0.39 is 17.4 Å². The highest BCUT2D eigenvalue weighted by atomic mass is 32.2. The van der Waals surface area contributed by atoms with Crippen LogP contribution in [0.2, 0.25) is 0 Å². The van der Waals surface area contributed by atoms with Crippen LogP contribution in [0.1, 0.15) is 10.4 Å². The number of carbonyl (C=O) groups is 3. The predicted octanol–water partition coefficient (Wildman–Crippen LogP) is 1.69. The fourth-order valence-corrected chi connectivity index (χ4v) is 5.57. The molecule has 2 aliphatic heterocycles. The van der Waals surface area contributed by atoms with Crippen molar-refractivity contribution in [3.63, 3.8) is 0 Å². The molecule has 10 heteroatoms. The Bertz CT molecular complexity index is 1040. The van der Waals surface area contributed by atoms with Crippen LogP contribution in [0.3, 0.4) is 0 Å². The summed E-state index contributed by atoms with van der Waals surface area (Å²) in [6.07, 6.45) is 0.202. The number of β-lactam (4-membered cyclic amide) rings is 1. The van der Waals surface area contributed by atoms with Crippen LogP contribution in [-0.4, -0.2) is 58.7 Å². The largest absolute Gasteiger partial charge is 0.497 e. The van der Waals surface area contributed by atoms with Crippen molar-refractivity contribution in [1.29, 1.82) is 0 Å². The highest BCUT2D eigenvalue weighted by Crippen LogP contribution is 2.40. The highest BCUT2D eigenvalue weighted by Gasteiger charge is 2.54. The number of thioether (sulfide) groups is 1. The number of esters is 1. The zero-order valence-electron chi connectivity index (χ0n) is 17.3. The van der Waals surface area contributed by atoms with Crippen molar-refractivity contribution in [2.45, 2.75) is 24.4 Å². The maximum absolute atomic E-state index is 12.8. The van der Waals surface area contributed by atoms with Gasteiger partial charge < -0.3 is 19.9 Å². The van der Waals surface area contributed by atoms with Crippen molar-refractivity contribution in [2.75, 3.05) is 19.5 Å². The molecule has 4 rings (SSSR count). The smallest absolute Gasteiger partial charge is 0.355 e. The normalized spacial score (nSPS) is 19.8.